The maximum Gasteiger partial charge on any atom is 0.338 e. The van der Waals surface area contributed by atoms with Crippen LogP contribution in [0.4, 0.5) is 0 Å². The van der Waals surface area contributed by atoms with Gasteiger partial charge in [-0.1, -0.05) is 42.2 Å². The van der Waals surface area contributed by atoms with Crippen LogP contribution in [0.2, 0.25) is 0 Å². The summed E-state index contributed by atoms with van der Waals surface area (Å²) in [5.74, 6) is 0.249. The van der Waals surface area contributed by atoms with E-state index in [1.54, 1.807) is 56.3 Å². The molecule has 1 atom stereocenters. The summed E-state index contributed by atoms with van der Waals surface area (Å²) in [4.78, 5) is 31.6. The van der Waals surface area contributed by atoms with Gasteiger partial charge >= 0.3 is 5.97 Å². The molecule has 3 aromatic rings. The first-order valence-electron chi connectivity index (χ1n) is 10.9. The third kappa shape index (κ3) is 5.01. The average Bonchev–Trinajstić information content (AvgIpc) is 3.14. The molecule has 0 aliphatic carbocycles. The van der Waals surface area contributed by atoms with E-state index in [9.17, 15) is 14.7 Å². The molecule has 1 aliphatic heterocycles. The Morgan fingerprint density at radius 1 is 1.29 bits per heavy atom. The minimum absolute atomic E-state index is 0.110. The standard InChI is InChI=1S/C26H23BrN2O5S/c1-4-12-34-18-9-7-17(8-10-18)23-22(25(32)33-5-2)15(3)28-26-29(23)24(31)21(35-26)14-16-6-11-20(30)19(27)13-16/h4,6-11,13-14,23,30H,1,5,12H2,2-3H3/b21-14-. The third-order valence-corrected chi connectivity index (χ3v) is 6.97. The van der Waals surface area contributed by atoms with Crippen LogP contribution in [-0.2, 0) is 9.53 Å². The number of hydrogen-bond acceptors (Lipinski definition) is 7. The second-order valence-corrected chi connectivity index (χ2v) is 9.55. The van der Waals surface area contributed by atoms with Gasteiger partial charge in [0.25, 0.3) is 5.56 Å². The predicted molar refractivity (Wildman–Crippen MR) is 138 cm³/mol. The van der Waals surface area contributed by atoms with Gasteiger partial charge in [-0.3, -0.25) is 9.36 Å². The number of carbonyl (C=O) groups is 1. The lowest BCUT2D eigenvalue weighted by Gasteiger charge is -2.24. The van der Waals surface area contributed by atoms with Gasteiger partial charge in [0, 0.05) is 0 Å². The van der Waals surface area contributed by atoms with Gasteiger partial charge in [0.1, 0.15) is 18.1 Å². The fraction of sp³-hybridized carbons (Fsp3) is 0.192. The van der Waals surface area contributed by atoms with E-state index < -0.39 is 12.0 Å². The number of rotatable bonds is 7. The molecule has 2 heterocycles. The molecule has 35 heavy (non-hydrogen) atoms. The first-order chi connectivity index (χ1) is 16.8. The number of allylic oxidation sites excluding steroid dienone is 1. The molecule has 0 spiro atoms. The number of ether oxygens (including phenoxy) is 2. The zero-order valence-electron chi connectivity index (χ0n) is 19.2. The second kappa shape index (κ2) is 10.5. The SMILES string of the molecule is C=CCOc1ccc(C2C(C(=O)OCC)=C(C)N=c3s/c(=C\c4ccc(O)c(Br)c4)c(=O)n32)cc1. The van der Waals surface area contributed by atoms with Crippen LogP contribution in [0.1, 0.15) is 31.0 Å². The number of fused-ring (bicyclic) bond motifs is 1. The summed E-state index contributed by atoms with van der Waals surface area (Å²) in [6.07, 6.45) is 3.39. The first-order valence-corrected chi connectivity index (χ1v) is 12.5. The Bertz CT molecular complexity index is 1500. The number of phenolic OH excluding ortho intramolecular Hbond substituents is 1. The van der Waals surface area contributed by atoms with Crippen LogP contribution in [-0.4, -0.2) is 28.9 Å². The van der Waals surface area contributed by atoms with E-state index in [-0.39, 0.29) is 17.9 Å². The topological polar surface area (TPSA) is 90.1 Å². The van der Waals surface area contributed by atoms with Crippen LogP contribution in [0.15, 0.2) is 80.6 Å². The van der Waals surface area contributed by atoms with Gasteiger partial charge < -0.3 is 14.6 Å². The Morgan fingerprint density at radius 2 is 2.03 bits per heavy atom. The van der Waals surface area contributed by atoms with Crippen molar-refractivity contribution in [3.05, 3.63) is 102 Å². The average molecular weight is 555 g/mol. The monoisotopic (exact) mass is 554 g/mol. The van der Waals surface area contributed by atoms with Crippen LogP contribution in [0, 0.1) is 0 Å². The molecule has 0 radical (unpaired) electrons. The van der Waals surface area contributed by atoms with Crippen molar-refractivity contribution in [2.75, 3.05) is 13.2 Å². The van der Waals surface area contributed by atoms with E-state index in [1.807, 2.05) is 12.1 Å². The Morgan fingerprint density at radius 3 is 2.69 bits per heavy atom. The van der Waals surface area contributed by atoms with Gasteiger partial charge in [-0.05, 0) is 71.2 Å². The molecule has 0 saturated heterocycles. The number of thiazole rings is 1. The molecule has 0 saturated carbocycles. The molecule has 180 valence electrons. The Kier molecular flexibility index (Phi) is 7.37. The number of halogens is 1. The molecule has 1 N–H and O–H groups in total. The summed E-state index contributed by atoms with van der Waals surface area (Å²) in [6.45, 7) is 7.71. The van der Waals surface area contributed by atoms with E-state index >= 15 is 0 Å². The van der Waals surface area contributed by atoms with Crippen LogP contribution in [0.5, 0.6) is 11.5 Å². The number of aromatic hydroxyl groups is 1. The predicted octanol–water partition coefficient (Wildman–Crippen LogP) is 3.83. The van der Waals surface area contributed by atoms with E-state index in [0.29, 0.717) is 37.4 Å². The van der Waals surface area contributed by atoms with Crippen molar-refractivity contribution >= 4 is 39.3 Å². The van der Waals surface area contributed by atoms with Gasteiger partial charge in [-0.15, -0.1) is 0 Å². The minimum atomic E-state index is -0.701. The molecule has 7 nitrogen and oxygen atoms in total. The zero-order valence-corrected chi connectivity index (χ0v) is 21.6. The molecule has 9 heteroatoms. The molecule has 0 amide bonds. The highest BCUT2D eigenvalue weighted by molar-refractivity contribution is 9.10. The maximum absolute atomic E-state index is 13.6. The van der Waals surface area contributed by atoms with Gasteiger partial charge in [0.15, 0.2) is 4.80 Å². The third-order valence-electron chi connectivity index (χ3n) is 5.35. The molecule has 1 aliphatic rings. The highest BCUT2D eigenvalue weighted by Gasteiger charge is 2.33. The number of carbonyl (C=O) groups excluding carboxylic acids is 1. The van der Waals surface area contributed by atoms with Crippen molar-refractivity contribution in [3.8, 4) is 11.5 Å². The lowest BCUT2D eigenvalue weighted by molar-refractivity contribution is -0.139. The van der Waals surface area contributed by atoms with Gasteiger partial charge in [-0.2, -0.15) is 0 Å². The lowest BCUT2D eigenvalue weighted by Crippen LogP contribution is -2.39. The van der Waals surface area contributed by atoms with Gasteiger partial charge in [0.05, 0.1) is 32.9 Å². The molecule has 2 aromatic carbocycles. The van der Waals surface area contributed by atoms with Crippen LogP contribution >= 0.6 is 27.3 Å². The minimum Gasteiger partial charge on any atom is -0.507 e. The van der Waals surface area contributed by atoms with Gasteiger partial charge in [0.2, 0.25) is 0 Å². The van der Waals surface area contributed by atoms with Crippen LogP contribution in [0.3, 0.4) is 0 Å². The van der Waals surface area contributed by atoms with E-state index in [1.165, 1.54) is 15.9 Å². The molecule has 0 bridgehead atoms. The quantitative estimate of drug-likeness (QED) is 0.354. The van der Waals surface area contributed by atoms with E-state index in [2.05, 4.69) is 27.5 Å². The normalized spacial score (nSPS) is 15.4. The lowest BCUT2D eigenvalue weighted by atomic mass is 9.96. The number of phenols is 1. The summed E-state index contributed by atoms with van der Waals surface area (Å²) in [6, 6.07) is 11.5. The fourth-order valence-electron chi connectivity index (χ4n) is 3.77. The summed E-state index contributed by atoms with van der Waals surface area (Å²) in [5.41, 5.74) is 2.01. The Balaban J connectivity index is 1.89. The van der Waals surface area contributed by atoms with Crippen molar-refractivity contribution in [1.29, 1.82) is 0 Å². The zero-order chi connectivity index (χ0) is 25.1. The first kappa shape index (κ1) is 24.7. The fourth-order valence-corrected chi connectivity index (χ4v) is 5.22. The smallest absolute Gasteiger partial charge is 0.338 e. The van der Waals surface area contributed by atoms with E-state index in [0.717, 1.165) is 11.1 Å². The molecule has 4 rings (SSSR count). The van der Waals surface area contributed by atoms with Gasteiger partial charge in [-0.25, -0.2) is 9.79 Å². The molecule has 1 unspecified atom stereocenters. The van der Waals surface area contributed by atoms with Crippen molar-refractivity contribution in [3.63, 3.8) is 0 Å². The van der Waals surface area contributed by atoms with Crippen molar-refractivity contribution < 1.29 is 19.4 Å². The number of hydrogen-bond donors (Lipinski definition) is 1. The number of esters is 1. The summed E-state index contributed by atoms with van der Waals surface area (Å²) >= 11 is 4.54. The number of nitrogens with zero attached hydrogens (tertiary/aromatic N) is 2. The largest absolute Gasteiger partial charge is 0.507 e. The summed E-state index contributed by atoms with van der Waals surface area (Å²) in [5, 5.41) is 9.78. The highest BCUT2D eigenvalue weighted by Crippen LogP contribution is 2.31. The van der Waals surface area contributed by atoms with Crippen LogP contribution < -0.4 is 19.6 Å². The number of benzene rings is 2. The highest BCUT2D eigenvalue weighted by atomic mass is 79.9. The summed E-state index contributed by atoms with van der Waals surface area (Å²) in [7, 11) is 0. The maximum atomic E-state index is 13.6. The molecule has 1 aromatic heterocycles. The Labute approximate surface area is 214 Å². The van der Waals surface area contributed by atoms with Crippen molar-refractivity contribution in [1.82, 2.24) is 4.57 Å². The van der Waals surface area contributed by atoms with E-state index in [4.69, 9.17) is 9.47 Å². The Hall–Kier alpha value is -3.43. The second-order valence-electron chi connectivity index (χ2n) is 7.68. The molecular weight excluding hydrogens is 532 g/mol. The van der Waals surface area contributed by atoms with Crippen molar-refractivity contribution in [2.24, 2.45) is 4.99 Å². The summed E-state index contributed by atoms with van der Waals surface area (Å²) < 4.78 is 13.4. The van der Waals surface area contributed by atoms with Crippen molar-refractivity contribution in [2.45, 2.75) is 19.9 Å². The molecular formula is C26H23BrN2O5S. The molecule has 0 fully saturated rings. The number of aromatic nitrogens is 1. The van der Waals surface area contributed by atoms with Crippen LogP contribution in [0.25, 0.3) is 6.08 Å².